The number of rotatable bonds is 5. The van der Waals surface area contributed by atoms with E-state index in [0.29, 0.717) is 18.7 Å². The molecular weight excluding hydrogens is 226 g/mol. The molecule has 1 heterocycles. The van der Waals surface area contributed by atoms with Crippen LogP contribution in [0.25, 0.3) is 0 Å². The minimum absolute atomic E-state index is 0.0591. The van der Waals surface area contributed by atoms with Gasteiger partial charge in [0.2, 0.25) is 0 Å². The van der Waals surface area contributed by atoms with E-state index in [0.717, 1.165) is 6.42 Å². The Kier molecular flexibility index (Phi) is 4.12. The molecule has 0 radical (unpaired) electrons. The molecule has 1 aromatic carbocycles. The van der Waals surface area contributed by atoms with Crippen LogP contribution in [0.2, 0.25) is 0 Å². The van der Waals surface area contributed by atoms with E-state index in [-0.39, 0.29) is 5.91 Å². The normalized spacial score (nSPS) is 10.3. The van der Waals surface area contributed by atoms with Gasteiger partial charge in [-0.05, 0) is 12.0 Å². The molecular formula is C14H17N3O. The SMILES string of the molecule is CCCNC(=O)c1cnn(Cc2ccccc2)c1. The lowest BCUT2D eigenvalue weighted by molar-refractivity contribution is 0.0953. The molecule has 0 unspecified atom stereocenters. The van der Waals surface area contributed by atoms with Gasteiger partial charge in [-0.1, -0.05) is 37.3 Å². The molecule has 0 fully saturated rings. The van der Waals surface area contributed by atoms with Gasteiger partial charge in [0.1, 0.15) is 0 Å². The van der Waals surface area contributed by atoms with Gasteiger partial charge in [-0.25, -0.2) is 0 Å². The van der Waals surface area contributed by atoms with Crippen LogP contribution in [0.15, 0.2) is 42.7 Å². The average molecular weight is 243 g/mol. The topological polar surface area (TPSA) is 46.9 Å². The largest absolute Gasteiger partial charge is 0.352 e. The molecule has 18 heavy (non-hydrogen) atoms. The maximum absolute atomic E-state index is 11.7. The summed E-state index contributed by atoms with van der Waals surface area (Å²) >= 11 is 0. The monoisotopic (exact) mass is 243 g/mol. The Balaban J connectivity index is 2.00. The molecule has 2 aromatic rings. The zero-order chi connectivity index (χ0) is 12.8. The third-order valence-corrected chi connectivity index (χ3v) is 2.62. The van der Waals surface area contributed by atoms with E-state index in [9.17, 15) is 4.79 Å². The maximum atomic E-state index is 11.7. The average Bonchev–Trinajstić information content (AvgIpc) is 2.86. The molecule has 0 aliphatic heterocycles. The molecule has 4 heteroatoms. The third kappa shape index (κ3) is 3.20. The first-order chi connectivity index (χ1) is 8.79. The second-order valence-corrected chi connectivity index (χ2v) is 4.17. The lowest BCUT2D eigenvalue weighted by atomic mass is 10.2. The van der Waals surface area contributed by atoms with E-state index >= 15 is 0 Å². The van der Waals surface area contributed by atoms with Crippen LogP contribution in [0.4, 0.5) is 0 Å². The van der Waals surface area contributed by atoms with Crippen molar-refractivity contribution >= 4 is 5.91 Å². The fourth-order valence-corrected chi connectivity index (χ4v) is 1.68. The van der Waals surface area contributed by atoms with Crippen LogP contribution in [0.1, 0.15) is 29.3 Å². The minimum Gasteiger partial charge on any atom is -0.352 e. The lowest BCUT2D eigenvalue weighted by Gasteiger charge is -2.01. The molecule has 1 N–H and O–H groups in total. The number of amides is 1. The number of benzene rings is 1. The van der Waals surface area contributed by atoms with Crippen molar-refractivity contribution in [1.29, 1.82) is 0 Å². The number of nitrogens with one attached hydrogen (secondary N) is 1. The molecule has 0 saturated carbocycles. The molecule has 0 aliphatic carbocycles. The van der Waals surface area contributed by atoms with E-state index in [2.05, 4.69) is 10.4 Å². The van der Waals surface area contributed by atoms with Gasteiger partial charge in [-0.2, -0.15) is 5.10 Å². The molecule has 1 amide bonds. The Morgan fingerprint density at radius 1 is 1.33 bits per heavy atom. The van der Waals surface area contributed by atoms with Crippen LogP contribution in [0.3, 0.4) is 0 Å². The van der Waals surface area contributed by atoms with Crippen molar-refractivity contribution in [2.75, 3.05) is 6.54 Å². The van der Waals surface area contributed by atoms with Crippen LogP contribution < -0.4 is 5.32 Å². The second-order valence-electron chi connectivity index (χ2n) is 4.17. The van der Waals surface area contributed by atoms with Crippen molar-refractivity contribution in [3.05, 3.63) is 53.9 Å². The van der Waals surface area contributed by atoms with Gasteiger partial charge < -0.3 is 5.32 Å². The summed E-state index contributed by atoms with van der Waals surface area (Å²) in [4.78, 5) is 11.7. The molecule has 0 atom stereocenters. The summed E-state index contributed by atoms with van der Waals surface area (Å²) in [6.45, 7) is 3.41. The van der Waals surface area contributed by atoms with Gasteiger partial charge in [-0.3, -0.25) is 9.48 Å². The smallest absolute Gasteiger partial charge is 0.254 e. The minimum atomic E-state index is -0.0591. The van der Waals surface area contributed by atoms with Gasteiger partial charge in [0.25, 0.3) is 5.91 Å². The fraction of sp³-hybridized carbons (Fsp3) is 0.286. The van der Waals surface area contributed by atoms with Gasteiger partial charge >= 0.3 is 0 Å². The molecule has 0 bridgehead atoms. The number of aromatic nitrogens is 2. The fourth-order valence-electron chi connectivity index (χ4n) is 1.68. The standard InChI is InChI=1S/C14H17N3O/c1-2-8-15-14(18)13-9-16-17(11-13)10-12-6-4-3-5-7-12/h3-7,9,11H,2,8,10H2,1H3,(H,15,18). The third-order valence-electron chi connectivity index (χ3n) is 2.62. The van der Waals surface area contributed by atoms with Crippen LogP contribution in [0.5, 0.6) is 0 Å². The highest BCUT2D eigenvalue weighted by atomic mass is 16.1. The highest BCUT2D eigenvalue weighted by Gasteiger charge is 2.07. The van der Waals surface area contributed by atoms with Crippen LogP contribution >= 0.6 is 0 Å². The predicted octanol–water partition coefficient (Wildman–Crippen LogP) is 2.07. The number of hydrogen-bond donors (Lipinski definition) is 1. The Bertz CT molecular complexity index is 505. The second kappa shape index (κ2) is 6.00. The first-order valence-electron chi connectivity index (χ1n) is 6.14. The molecule has 0 spiro atoms. The summed E-state index contributed by atoms with van der Waals surface area (Å²) in [5.41, 5.74) is 1.78. The Labute approximate surface area is 107 Å². The van der Waals surface area contributed by atoms with E-state index in [1.165, 1.54) is 5.56 Å². The van der Waals surface area contributed by atoms with Crippen molar-refractivity contribution in [2.45, 2.75) is 19.9 Å². The van der Waals surface area contributed by atoms with Crippen molar-refractivity contribution in [3.63, 3.8) is 0 Å². The first kappa shape index (κ1) is 12.4. The predicted molar refractivity (Wildman–Crippen MR) is 70.4 cm³/mol. The van der Waals surface area contributed by atoms with Gasteiger partial charge in [0.05, 0.1) is 18.3 Å². The summed E-state index contributed by atoms with van der Waals surface area (Å²) in [6.07, 6.45) is 4.32. The molecule has 94 valence electrons. The van der Waals surface area contributed by atoms with Crippen molar-refractivity contribution in [3.8, 4) is 0 Å². The summed E-state index contributed by atoms with van der Waals surface area (Å²) in [5, 5.41) is 7.03. The lowest BCUT2D eigenvalue weighted by Crippen LogP contribution is -2.23. The summed E-state index contributed by atoms with van der Waals surface area (Å²) < 4.78 is 1.77. The maximum Gasteiger partial charge on any atom is 0.254 e. The van der Waals surface area contributed by atoms with Gasteiger partial charge in [0, 0.05) is 12.7 Å². The van der Waals surface area contributed by atoms with Crippen LogP contribution in [-0.2, 0) is 6.54 Å². The van der Waals surface area contributed by atoms with E-state index in [1.807, 2.05) is 37.3 Å². The summed E-state index contributed by atoms with van der Waals surface area (Å²) in [7, 11) is 0. The molecule has 0 saturated heterocycles. The van der Waals surface area contributed by atoms with E-state index in [4.69, 9.17) is 0 Å². The molecule has 2 rings (SSSR count). The number of hydrogen-bond acceptors (Lipinski definition) is 2. The number of carbonyl (C=O) groups excluding carboxylic acids is 1. The highest BCUT2D eigenvalue weighted by molar-refractivity contribution is 5.93. The first-order valence-corrected chi connectivity index (χ1v) is 6.14. The zero-order valence-corrected chi connectivity index (χ0v) is 10.5. The Morgan fingerprint density at radius 3 is 2.83 bits per heavy atom. The van der Waals surface area contributed by atoms with Gasteiger partial charge in [0.15, 0.2) is 0 Å². The van der Waals surface area contributed by atoms with E-state index < -0.39 is 0 Å². The Hall–Kier alpha value is -2.10. The van der Waals surface area contributed by atoms with Crippen LogP contribution in [-0.4, -0.2) is 22.2 Å². The summed E-state index contributed by atoms with van der Waals surface area (Å²) in [6, 6.07) is 10.1. The van der Waals surface area contributed by atoms with Crippen LogP contribution in [0, 0.1) is 0 Å². The Morgan fingerprint density at radius 2 is 2.11 bits per heavy atom. The number of carbonyl (C=O) groups is 1. The quantitative estimate of drug-likeness (QED) is 0.874. The molecule has 1 aromatic heterocycles. The van der Waals surface area contributed by atoms with E-state index in [1.54, 1.807) is 17.1 Å². The molecule has 0 aliphatic rings. The highest BCUT2D eigenvalue weighted by Crippen LogP contribution is 2.03. The van der Waals surface area contributed by atoms with Crippen molar-refractivity contribution in [1.82, 2.24) is 15.1 Å². The number of nitrogens with zero attached hydrogens (tertiary/aromatic N) is 2. The zero-order valence-electron chi connectivity index (χ0n) is 10.5. The molecule has 4 nitrogen and oxygen atoms in total. The van der Waals surface area contributed by atoms with Crippen molar-refractivity contribution in [2.24, 2.45) is 0 Å². The van der Waals surface area contributed by atoms with Gasteiger partial charge in [-0.15, -0.1) is 0 Å². The van der Waals surface area contributed by atoms with Crippen molar-refractivity contribution < 1.29 is 4.79 Å². The summed E-state index contributed by atoms with van der Waals surface area (Å²) in [5.74, 6) is -0.0591.